The molecule has 0 bridgehead atoms. The van der Waals surface area contributed by atoms with Crippen molar-refractivity contribution in [2.75, 3.05) is 0 Å². The zero-order valence-corrected chi connectivity index (χ0v) is 14.0. The van der Waals surface area contributed by atoms with Crippen LogP contribution in [0.1, 0.15) is 31.4 Å². The molecule has 116 valence electrons. The Kier molecular flexibility index (Phi) is 3.83. The highest BCUT2D eigenvalue weighted by molar-refractivity contribution is 6.45. The van der Waals surface area contributed by atoms with Gasteiger partial charge in [-0.15, -0.1) is 0 Å². The van der Waals surface area contributed by atoms with Crippen molar-refractivity contribution in [1.82, 2.24) is 15.2 Å². The predicted molar refractivity (Wildman–Crippen MR) is 95.8 cm³/mol. The average molecular weight is 344 g/mol. The first kappa shape index (κ1) is 14.7. The topological polar surface area (TPSA) is 41.6 Å². The number of nitrogens with one attached hydrogen (secondary N) is 1. The highest BCUT2D eigenvalue weighted by atomic mass is 35.5. The number of aromatic nitrogens is 3. The molecule has 0 radical (unpaired) electrons. The Morgan fingerprint density at radius 2 is 2.04 bits per heavy atom. The molecule has 3 nitrogen and oxygen atoms in total. The van der Waals surface area contributed by atoms with E-state index in [1.807, 2.05) is 24.5 Å². The number of rotatable bonds is 2. The summed E-state index contributed by atoms with van der Waals surface area (Å²) in [4.78, 5) is 4.81. The minimum absolute atomic E-state index is 0.507. The molecule has 0 saturated carbocycles. The second kappa shape index (κ2) is 5.99. The third kappa shape index (κ3) is 2.64. The lowest BCUT2D eigenvalue weighted by Crippen LogP contribution is -1.97. The molecular weight excluding hydrogens is 329 g/mol. The number of H-pyrrole nitrogens is 1. The van der Waals surface area contributed by atoms with Crippen LogP contribution in [0, 0.1) is 0 Å². The van der Waals surface area contributed by atoms with Crippen molar-refractivity contribution in [2.45, 2.75) is 25.7 Å². The summed E-state index contributed by atoms with van der Waals surface area (Å²) in [5.41, 5.74) is 5.12. The molecule has 4 rings (SSSR count). The Morgan fingerprint density at radius 3 is 2.78 bits per heavy atom. The maximum atomic E-state index is 6.43. The van der Waals surface area contributed by atoms with Crippen LogP contribution in [0.2, 0.25) is 10.0 Å². The molecule has 0 saturated heterocycles. The first-order chi connectivity index (χ1) is 11.2. The summed E-state index contributed by atoms with van der Waals surface area (Å²) in [5.74, 6) is 0. The summed E-state index contributed by atoms with van der Waals surface area (Å²) in [6, 6.07) is 5.92. The van der Waals surface area contributed by atoms with Gasteiger partial charge in [0.15, 0.2) is 0 Å². The van der Waals surface area contributed by atoms with Crippen molar-refractivity contribution in [1.29, 1.82) is 0 Å². The smallest absolute Gasteiger partial charge is 0.0917 e. The Balaban J connectivity index is 2.02. The summed E-state index contributed by atoms with van der Waals surface area (Å²) >= 11 is 12.6. The van der Waals surface area contributed by atoms with Gasteiger partial charge in [0.05, 0.1) is 27.5 Å². The standard InChI is InChI=1S/C18H15Cl2N3/c19-15-7-6-13-14(12-9-21-22-10-12)8-16(23-18(13)17(15)20)11-4-2-1-3-5-11/h4,6-10H,1-3,5H2,(H,21,22). The van der Waals surface area contributed by atoms with Gasteiger partial charge in [-0.1, -0.05) is 35.3 Å². The number of hydrogen-bond acceptors (Lipinski definition) is 2. The highest BCUT2D eigenvalue weighted by Crippen LogP contribution is 2.37. The quantitative estimate of drug-likeness (QED) is 0.630. The highest BCUT2D eigenvalue weighted by Gasteiger charge is 2.16. The van der Waals surface area contributed by atoms with Crippen LogP contribution in [0.25, 0.3) is 27.6 Å². The van der Waals surface area contributed by atoms with Gasteiger partial charge in [0.1, 0.15) is 0 Å². The van der Waals surface area contributed by atoms with Crippen molar-refractivity contribution in [3.63, 3.8) is 0 Å². The molecule has 0 unspecified atom stereocenters. The molecule has 5 heteroatoms. The van der Waals surface area contributed by atoms with Crippen molar-refractivity contribution >= 4 is 39.7 Å². The third-order valence-electron chi connectivity index (χ3n) is 4.30. The molecule has 0 amide bonds. The van der Waals surface area contributed by atoms with Crippen LogP contribution < -0.4 is 0 Å². The van der Waals surface area contributed by atoms with Crippen molar-refractivity contribution in [2.24, 2.45) is 0 Å². The zero-order valence-electron chi connectivity index (χ0n) is 12.4. The number of nitrogens with zero attached hydrogens (tertiary/aromatic N) is 2. The fourth-order valence-corrected chi connectivity index (χ4v) is 3.47. The van der Waals surface area contributed by atoms with Crippen LogP contribution in [0.4, 0.5) is 0 Å². The molecule has 0 atom stereocenters. The molecule has 1 N–H and O–H groups in total. The van der Waals surface area contributed by atoms with E-state index in [-0.39, 0.29) is 0 Å². The van der Waals surface area contributed by atoms with Gasteiger partial charge in [-0.25, -0.2) is 4.98 Å². The molecule has 2 heterocycles. The number of allylic oxidation sites excluding steroid dienone is 2. The second-order valence-corrected chi connectivity index (χ2v) is 6.56. The van der Waals surface area contributed by atoms with Gasteiger partial charge in [-0.3, -0.25) is 5.10 Å². The normalized spacial score (nSPS) is 15.0. The zero-order chi connectivity index (χ0) is 15.8. The van der Waals surface area contributed by atoms with Crippen LogP contribution in [-0.2, 0) is 0 Å². The maximum absolute atomic E-state index is 6.43. The summed E-state index contributed by atoms with van der Waals surface area (Å²) in [6.07, 6.45) is 10.6. The summed E-state index contributed by atoms with van der Waals surface area (Å²) < 4.78 is 0. The number of halogens is 2. The maximum Gasteiger partial charge on any atom is 0.0917 e. The van der Waals surface area contributed by atoms with Gasteiger partial charge < -0.3 is 0 Å². The molecule has 2 aromatic heterocycles. The number of pyridine rings is 1. The van der Waals surface area contributed by atoms with Crippen LogP contribution in [0.5, 0.6) is 0 Å². The largest absolute Gasteiger partial charge is 0.285 e. The predicted octanol–water partition coefficient (Wildman–Crippen LogP) is 5.89. The van der Waals surface area contributed by atoms with Gasteiger partial charge in [-0.05, 0) is 49.0 Å². The van der Waals surface area contributed by atoms with E-state index in [0.29, 0.717) is 10.0 Å². The molecule has 1 aliphatic rings. The van der Waals surface area contributed by atoms with Gasteiger partial charge in [0.25, 0.3) is 0 Å². The molecular formula is C18H15Cl2N3. The number of aromatic amines is 1. The van der Waals surface area contributed by atoms with Crippen LogP contribution in [0.3, 0.4) is 0 Å². The first-order valence-corrected chi connectivity index (χ1v) is 8.47. The Hall–Kier alpha value is -1.84. The van der Waals surface area contributed by atoms with E-state index in [4.69, 9.17) is 28.2 Å². The number of benzene rings is 1. The number of fused-ring (bicyclic) bond motifs is 1. The SMILES string of the molecule is Clc1ccc2c(-c3cn[nH]c3)cc(C3=CCCCC3)nc2c1Cl. The lowest BCUT2D eigenvalue weighted by molar-refractivity contribution is 0.740. The molecule has 0 spiro atoms. The Labute approximate surface area is 144 Å². The molecule has 0 aliphatic heterocycles. The van der Waals surface area contributed by atoms with E-state index in [9.17, 15) is 0 Å². The third-order valence-corrected chi connectivity index (χ3v) is 5.10. The molecule has 1 aromatic carbocycles. The first-order valence-electron chi connectivity index (χ1n) is 7.71. The van der Waals surface area contributed by atoms with Gasteiger partial charge in [-0.2, -0.15) is 5.10 Å². The molecule has 3 aromatic rings. The van der Waals surface area contributed by atoms with Gasteiger partial charge in [0, 0.05) is 17.1 Å². The molecule has 23 heavy (non-hydrogen) atoms. The summed E-state index contributed by atoms with van der Waals surface area (Å²) in [7, 11) is 0. The van der Waals surface area contributed by atoms with E-state index in [2.05, 4.69) is 22.3 Å². The van der Waals surface area contributed by atoms with E-state index in [1.165, 1.54) is 18.4 Å². The van der Waals surface area contributed by atoms with Crippen molar-refractivity contribution in [3.8, 4) is 11.1 Å². The number of hydrogen-bond donors (Lipinski definition) is 1. The van der Waals surface area contributed by atoms with E-state index in [1.54, 1.807) is 0 Å². The monoisotopic (exact) mass is 343 g/mol. The van der Waals surface area contributed by atoms with Gasteiger partial charge >= 0.3 is 0 Å². The van der Waals surface area contributed by atoms with Crippen LogP contribution in [0.15, 0.2) is 36.7 Å². The van der Waals surface area contributed by atoms with E-state index < -0.39 is 0 Å². The fraction of sp³-hybridized carbons (Fsp3) is 0.222. The van der Waals surface area contributed by atoms with Crippen LogP contribution in [-0.4, -0.2) is 15.2 Å². The Morgan fingerprint density at radius 1 is 1.13 bits per heavy atom. The molecule has 0 fully saturated rings. The van der Waals surface area contributed by atoms with E-state index >= 15 is 0 Å². The minimum Gasteiger partial charge on any atom is -0.285 e. The average Bonchev–Trinajstić information content (AvgIpc) is 3.13. The van der Waals surface area contributed by atoms with Crippen molar-refractivity contribution in [3.05, 3.63) is 52.4 Å². The van der Waals surface area contributed by atoms with Crippen molar-refractivity contribution < 1.29 is 0 Å². The Bertz CT molecular complexity index is 898. The molecule has 1 aliphatic carbocycles. The minimum atomic E-state index is 0.507. The van der Waals surface area contributed by atoms with Crippen LogP contribution >= 0.6 is 23.2 Å². The summed E-state index contributed by atoms with van der Waals surface area (Å²) in [6.45, 7) is 0. The fourth-order valence-electron chi connectivity index (χ4n) is 3.11. The van der Waals surface area contributed by atoms with Gasteiger partial charge in [0.2, 0.25) is 0 Å². The second-order valence-electron chi connectivity index (χ2n) is 5.77. The lowest BCUT2D eigenvalue weighted by Gasteiger charge is -2.15. The summed E-state index contributed by atoms with van der Waals surface area (Å²) in [5, 5.41) is 8.96. The lowest BCUT2D eigenvalue weighted by atomic mass is 9.94. The van der Waals surface area contributed by atoms with E-state index in [0.717, 1.165) is 40.6 Å².